The van der Waals surface area contributed by atoms with Gasteiger partial charge in [0.2, 0.25) is 0 Å². The first kappa shape index (κ1) is 19.0. The van der Waals surface area contributed by atoms with Crippen LogP contribution in [0.4, 0.5) is 5.69 Å². The monoisotopic (exact) mass is 387 g/mol. The molecule has 7 heteroatoms. The summed E-state index contributed by atoms with van der Waals surface area (Å²) in [5, 5.41) is 3.74. The fraction of sp³-hybridized carbons (Fsp3) is 0.300. The lowest BCUT2D eigenvalue weighted by atomic mass is 10.2. The second kappa shape index (κ2) is 7.48. The van der Waals surface area contributed by atoms with E-state index >= 15 is 0 Å². The summed E-state index contributed by atoms with van der Waals surface area (Å²) in [4.78, 5) is 25.4. The van der Waals surface area contributed by atoms with Gasteiger partial charge < -0.3 is 19.2 Å². The zero-order valence-corrected chi connectivity index (χ0v) is 16.5. The SMILES string of the molecule is COc1ccc(NC(=O)c2cc3c(=O)n(CC(C)C)ccc3n2C)cc1Cl. The third-order valence-electron chi connectivity index (χ3n) is 4.39. The number of aromatic nitrogens is 2. The number of ether oxygens (including phenoxy) is 1. The predicted octanol–water partition coefficient (Wildman–Crippen LogP) is 3.91. The Morgan fingerprint density at radius 2 is 2.00 bits per heavy atom. The van der Waals surface area contributed by atoms with Crippen LogP contribution in [0.2, 0.25) is 5.02 Å². The zero-order chi connectivity index (χ0) is 19.7. The average Bonchev–Trinajstić information content (AvgIpc) is 2.95. The number of anilines is 1. The minimum atomic E-state index is -0.315. The molecule has 27 heavy (non-hydrogen) atoms. The third-order valence-corrected chi connectivity index (χ3v) is 4.68. The zero-order valence-electron chi connectivity index (χ0n) is 15.7. The molecule has 0 bridgehead atoms. The largest absolute Gasteiger partial charge is 0.495 e. The van der Waals surface area contributed by atoms with E-state index in [0.717, 1.165) is 5.52 Å². The van der Waals surface area contributed by atoms with Gasteiger partial charge in [-0.2, -0.15) is 0 Å². The number of benzene rings is 1. The molecule has 0 saturated carbocycles. The van der Waals surface area contributed by atoms with Crippen LogP contribution in [0.1, 0.15) is 24.3 Å². The van der Waals surface area contributed by atoms with Crippen LogP contribution < -0.4 is 15.6 Å². The highest BCUT2D eigenvalue weighted by Crippen LogP contribution is 2.27. The molecule has 1 aromatic carbocycles. The third kappa shape index (κ3) is 3.71. The van der Waals surface area contributed by atoms with E-state index in [9.17, 15) is 9.59 Å². The lowest BCUT2D eigenvalue weighted by Crippen LogP contribution is -2.21. The van der Waals surface area contributed by atoms with Gasteiger partial charge in [-0.3, -0.25) is 9.59 Å². The fourth-order valence-electron chi connectivity index (χ4n) is 3.07. The van der Waals surface area contributed by atoms with Gasteiger partial charge in [-0.15, -0.1) is 0 Å². The summed E-state index contributed by atoms with van der Waals surface area (Å²) in [6.07, 6.45) is 1.77. The molecule has 0 atom stereocenters. The molecule has 0 radical (unpaired) electrons. The number of hydrogen-bond acceptors (Lipinski definition) is 3. The number of hydrogen-bond donors (Lipinski definition) is 1. The lowest BCUT2D eigenvalue weighted by molar-refractivity contribution is 0.101. The number of rotatable bonds is 5. The van der Waals surface area contributed by atoms with Crippen LogP contribution in [0, 0.1) is 5.92 Å². The van der Waals surface area contributed by atoms with Crippen LogP contribution in [0.5, 0.6) is 5.75 Å². The summed E-state index contributed by atoms with van der Waals surface area (Å²) in [7, 11) is 3.30. The Labute approximate surface area is 162 Å². The number of pyridine rings is 1. The van der Waals surface area contributed by atoms with Crippen molar-refractivity contribution in [1.82, 2.24) is 9.13 Å². The van der Waals surface area contributed by atoms with Gasteiger partial charge in [0.05, 0.1) is 23.0 Å². The summed E-state index contributed by atoms with van der Waals surface area (Å²) >= 11 is 6.11. The summed E-state index contributed by atoms with van der Waals surface area (Å²) in [6.45, 7) is 4.75. The van der Waals surface area contributed by atoms with Crippen LogP contribution in [0.25, 0.3) is 10.9 Å². The van der Waals surface area contributed by atoms with Crippen molar-refractivity contribution in [3.8, 4) is 5.75 Å². The lowest BCUT2D eigenvalue weighted by Gasteiger charge is -2.09. The van der Waals surface area contributed by atoms with Crippen molar-refractivity contribution in [2.75, 3.05) is 12.4 Å². The molecule has 6 nitrogen and oxygen atoms in total. The number of aryl methyl sites for hydroxylation is 1. The Bertz CT molecular complexity index is 1070. The van der Waals surface area contributed by atoms with Gasteiger partial charge in [0, 0.05) is 25.5 Å². The van der Waals surface area contributed by atoms with Crippen LogP contribution in [0.15, 0.2) is 41.3 Å². The Morgan fingerprint density at radius 1 is 1.26 bits per heavy atom. The van der Waals surface area contributed by atoms with Crippen molar-refractivity contribution >= 4 is 34.1 Å². The number of carbonyl (C=O) groups excluding carboxylic acids is 1. The van der Waals surface area contributed by atoms with Crippen LogP contribution in [-0.2, 0) is 13.6 Å². The number of amides is 1. The van der Waals surface area contributed by atoms with Crippen LogP contribution in [0.3, 0.4) is 0 Å². The van der Waals surface area contributed by atoms with Gasteiger partial charge in [-0.1, -0.05) is 25.4 Å². The first-order valence-electron chi connectivity index (χ1n) is 8.65. The molecular formula is C20H22ClN3O3. The highest BCUT2D eigenvalue weighted by atomic mass is 35.5. The molecule has 0 aliphatic carbocycles. The Morgan fingerprint density at radius 3 is 2.63 bits per heavy atom. The van der Waals surface area contributed by atoms with Crippen molar-refractivity contribution in [1.29, 1.82) is 0 Å². The van der Waals surface area contributed by atoms with Crippen molar-refractivity contribution in [3.63, 3.8) is 0 Å². The first-order chi connectivity index (χ1) is 12.8. The smallest absolute Gasteiger partial charge is 0.272 e. The maximum atomic E-state index is 12.7. The normalized spacial score (nSPS) is 11.2. The molecule has 0 aliphatic rings. The van der Waals surface area contributed by atoms with E-state index in [1.54, 1.807) is 46.6 Å². The van der Waals surface area contributed by atoms with Gasteiger partial charge >= 0.3 is 0 Å². The number of methoxy groups -OCH3 is 1. The number of halogens is 1. The summed E-state index contributed by atoms with van der Waals surface area (Å²) in [5.74, 6) is 0.571. The van der Waals surface area contributed by atoms with Crippen molar-refractivity contribution in [2.24, 2.45) is 13.0 Å². The summed E-state index contributed by atoms with van der Waals surface area (Å²) in [6, 6.07) is 8.51. The molecule has 2 heterocycles. The van der Waals surface area contributed by atoms with E-state index in [0.29, 0.717) is 40.0 Å². The van der Waals surface area contributed by atoms with Gasteiger partial charge in [-0.05, 0) is 36.2 Å². The average molecular weight is 388 g/mol. The van der Waals surface area contributed by atoms with Crippen LogP contribution in [-0.4, -0.2) is 22.2 Å². The standard InChI is InChI=1S/C20H22ClN3O3/c1-12(2)11-24-8-7-16-14(20(24)26)10-17(23(16)3)19(25)22-13-5-6-18(27-4)15(21)9-13/h5-10,12H,11H2,1-4H3,(H,22,25). The molecule has 3 aromatic rings. The minimum Gasteiger partial charge on any atom is -0.495 e. The molecule has 1 amide bonds. The molecule has 0 fully saturated rings. The molecule has 142 valence electrons. The maximum absolute atomic E-state index is 12.7. The molecule has 0 aliphatic heterocycles. The van der Waals surface area contributed by atoms with Crippen molar-refractivity contribution in [3.05, 3.63) is 57.6 Å². The molecule has 0 spiro atoms. The van der Waals surface area contributed by atoms with E-state index in [-0.39, 0.29) is 11.5 Å². The maximum Gasteiger partial charge on any atom is 0.272 e. The van der Waals surface area contributed by atoms with Gasteiger partial charge in [0.15, 0.2) is 0 Å². The Hall–Kier alpha value is -2.73. The summed E-state index contributed by atoms with van der Waals surface area (Å²) < 4.78 is 8.51. The second-order valence-electron chi connectivity index (χ2n) is 6.86. The highest BCUT2D eigenvalue weighted by molar-refractivity contribution is 6.32. The summed E-state index contributed by atoms with van der Waals surface area (Å²) in [5.41, 5.74) is 1.57. The number of nitrogens with one attached hydrogen (secondary N) is 1. The number of nitrogens with zero attached hydrogens (tertiary/aromatic N) is 2. The van der Waals surface area contributed by atoms with E-state index in [4.69, 9.17) is 16.3 Å². The molecular weight excluding hydrogens is 366 g/mol. The number of carbonyl (C=O) groups is 1. The van der Waals surface area contributed by atoms with E-state index in [1.807, 2.05) is 6.07 Å². The van der Waals surface area contributed by atoms with Crippen LogP contribution >= 0.6 is 11.6 Å². The molecule has 1 N–H and O–H groups in total. The van der Waals surface area contributed by atoms with Gasteiger partial charge in [0.1, 0.15) is 11.4 Å². The second-order valence-corrected chi connectivity index (χ2v) is 7.27. The minimum absolute atomic E-state index is 0.0941. The van der Waals surface area contributed by atoms with E-state index in [2.05, 4.69) is 19.2 Å². The van der Waals surface area contributed by atoms with Crippen molar-refractivity contribution in [2.45, 2.75) is 20.4 Å². The molecule has 3 rings (SSSR count). The van der Waals surface area contributed by atoms with Crippen molar-refractivity contribution < 1.29 is 9.53 Å². The predicted molar refractivity (Wildman–Crippen MR) is 108 cm³/mol. The highest BCUT2D eigenvalue weighted by Gasteiger charge is 2.17. The van der Waals surface area contributed by atoms with Gasteiger partial charge in [0.25, 0.3) is 11.5 Å². The quantitative estimate of drug-likeness (QED) is 0.721. The Balaban J connectivity index is 1.95. The fourth-order valence-corrected chi connectivity index (χ4v) is 3.33. The van der Waals surface area contributed by atoms with E-state index in [1.165, 1.54) is 7.11 Å². The molecule has 2 aromatic heterocycles. The van der Waals surface area contributed by atoms with Gasteiger partial charge in [-0.25, -0.2) is 0 Å². The van der Waals surface area contributed by atoms with E-state index < -0.39 is 0 Å². The topological polar surface area (TPSA) is 65.3 Å². The molecule has 0 saturated heterocycles. The Kier molecular flexibility index (Phi) is 5.28. The number of fused-ring (bicyclic) bond motifs is 1. The molecule has 0 unspecified atom stereocenters. The first-order valence-corrected chi connectivity index (χ1v) is 9.03.